The maximum absolute atomic E-state index is 6.00. The van der Waals surface area contributed by atoms with Gasteiger partial charge in [-0.3, -0.25) is 10.5 Å². The van der Waals surface area contributed by atoms with E-state index in [1.807, 2.05) is 0 Å². The molecule has 4 heteroatoms. The Kier molecular flexibility index (Phi) is 177. The van der Waals surface area contributed by atoms with Gasteiger partial charge in [-0.05, 0) is 0 Å². The van der Waals surface area contributed by atoms with Gasteiger partial charge in [0.05, 0.1) is 0 Å². The van der Waals surface area contributed by atoms with Crippen LogP contribution in [-0.4, -0.2) is 10.5 Å². The van der Waals surface area contributed by atoms with Gasteiger partial charge in [0.2, 0.25) is 0 Å². The molecule has 0 aliphatic heterocycles. The van der Waals surface area contributed by atoms with Gasteiger partial charge in [-0.1, -0.05) is 0 Å². The molecule has 4 heavy (non-hydrogen) atoms. The van der Waals surface area contributed by atoms with Gasteiger partial charge < -0.3 is 0 Å². The molecule has 2 N–H and O–H groups in total. The topological polar surface area (TPSA) is 40.5 Å². The second-order valence-electron chi connectivity index (χ2n) is 0. The predicted octanol–water partition coefficient (Wildman–Crippen LogP) is 0.0124. The zero-order valence-electron chi connectivity index (χ0n) is 1.67. The van der Waals surface area contributed by atoms with Crippen LogP contribution in [0.2, 0.25) is 0 Å². The van der Waals surface area contributed by atoms with Crippen molar-refractivity contribution in [3.63, 3.8) is 0 Å². The Morgan fingerprint density at radius 3 is 1.00 bits per heavy atom. The summed E-state index contributed by atoms with van der Waals surface area (Å²) >= 11 is 0. The number of rotatable bonds is 0. The molecule has 0 aliphatic rings. The first-order valence-electron chi connectivity index (χ1n) is 0.200. The number of hydrogen-bond acceptors (Lipinski definition) is 2. The molecule has 0 aromatic carbocycles. The summed E-state index contributed by atoms with van der Waals surface area (Å²) < 4.78 is 0. The van der Waals surface area contributed by atoms with Crippen LogP contribution in [0.1, 0.15) is 0 Å². The van der Waals surface area contributed by atoms with Crippen molar-refractivity contribution >= 4 is 0 Å². The molecule has 0 aliphatic carbocycles. The van der Waals surface area contributed by atoms with Gasteiger partial charge in [0, 0.05) is 35.3 Å². The molecule has 0 heterocycles. The van der Waals surface area contributed by atoms with Crippen LogP contribution in [-0.2, 0) is 35.3 Å². The fraction of sp³-hybridized carbons (Fsp3) is 0. The van der Waals surface area contributed by atoms with E-state index in [0.29, 0.717) is 0 Å². The average molecular weight is 144 g/mol. The van der Waals surface area contributed by atoms with E-state index >= 15 is 0 Å². The summed E-state index contributed by atoms with van der Waals surface area (Å²) in [7, 11) is 0. The molecule has 0 unspecified atom stereocenters. The summed E-state index contributed by atoms with van der Waals surface area (Å²) in [6, 6.07) is 0. The molecule has 0 amide bonds. The van der Waals surface area contributed by atoms with E-state index in [1.165, 1.54) is 0 Å². The Bertz CT molecular complexity index is 6.00. The van der Waals surface area contributed by atoms with Crippen LogP contribution in [0.4, 0.5) is 0 Å². The monoisotopic (exact) mass is 144 g/mol. The van der Waals surface area contributed by atoms with E-state index in [2.05, 4.69) is 0 Å². The molecule has 0 fully saturated rings. The quantitative estimate of drug-likeness (QED) is 0.371. The van der Waals surface area contributed by atoms with Crippen molar-refractivity contribution in [2.75, 3.05) is 0 Å². The zero-order valence-corrected chi connectivity index (χ0v) is 4.11. The molecular formula is H2CoO2V. The zero-order chi connectivity index (χ0) is 2.00. The van der Waals surface area contributed by atoms with Crippen molar-refractivity contribution in [1.82, 2.24) is 0 Å². The molecule has 2 radical (unpaired) electrons. The minimum Gasteiger partial charge on any atom is -0.255 e. The van der Waals surface area contributed by atoms with Crippen LogP contribution >= 0.6 is 0 Å². The largest absolute Gasteiger partial charge is 0.255 e. The minimum absolute atomic E-state index is 0. The summed E-state index contributed by atoms with van der Waals surface area (Å²) in [5, 5.41) is 12.0. The summed E-state index contributed by atoms with van der Waals surface area (Å²) in [5.41, 5.74) is 0. The summed E-state index contributed by atoms with van der Waals surface area (Å²) in [6.07, 6.45) is 0. The molecule has 0 spiro atoms. The molecule has 0 bridgehead atoms. The second kappa shape index (κ2) is 35.6. The maximum Gasteiger partial charge on any atom is 0 e. The van der Waals surface area contributed by atoms with Gasteiger partial charge in [-0.2, -0.15) is 0 Å². The van der Waals surface area contributed by atoms with E-state index in [9.17, 15) is 0 Å². The Hall–Kier alpha value is 1.01. The van der Waals surface area contributed by atoms with Crippen LogP contribution in [0.5, 0.6) is 0 Å². The van der Waals surface area contributed by atoms with Crippen molar-refractivity contribution in [2.45, 2.75) is 0 Å². The van der Waals surface area contributed by atoms with Crippen LogP contribution in [0.3, 0.4) is 0 Å². The third-order valence-electron chi connectivity index (χ3n) is 0. The Balaban J connectivity index is -0.00000000500. The van der Waals surface area contributed by atoms with Crippen molar-refractivity contribution < 1.29 is 45.8 Å². The maximum atomic E-state index is 6.00. The molecular weight excluding hydrogens is 142 g/mol. The van der Waals surface area contributed by atoms with E-state index in [-0.39, 0.29) is 35.3 Å². The van der Waals surface area contributed by atoms with Crippen LogP contribution in [0.25, 0.3) is 0 Å². The Labute approximate surface area is 46.2 Å². The van der Waals surface area contributed by atoms with Gasteiger partial charge >= 0.3 is 0 Å². The SMILES string of the molecule is OO.[Co].[V]. The van der Waals surface area contributed by atoms with E-state index in [1.54, 1.807) is 0 Å². The van der Waals surface area contributed by atoms with E-state index in [0.717, 1.165) is 0 Å². The van der Waals surface area contributed by atoms with Gasteiger partial charge in [0.15, 0.2) is 0 Å². The Morgan fingerprint density at radius 2 is 1.00 bits per heavy atom. The third kappa shape index (κ3) is 11.9. The molecule has 0 atom stereocenters. The molecule has 0 aromatic rings. The van der Waals surface area contributed by atoms with Crippen LogP contribution in [0.15, 0.2) is 0 Å². The van der Waals surface area contributed by atoms with E-state index < -0.39 is 0 Å². The second-order valence-corrected chi connectivity index (χ2v) is 0. The van der Waals surface area contributed by atoms with Gasteiger partial charge in [0.1, 0.15) is 0 Å². The molecule has 0 aromatic heterocycles. The molecule has 0 saturated heterocycles. The summed E-state index contributed by atoms with van der Waals surface area (Å²) in [5.74, 6) is 0. The van der Waals surface area contributed by atoms with Crippen molar-refractivity contribution in [1.29, 1.82) is 0 Å². The van der Waals surface area contributed by atoms with Gasteiger partial charge in [-0.25, -0.2) is 0 Å². The van der Waals surface area contributed by atoms with Gasteiger partial charge in [-0.15, -0.1) is 0 Å². The molecule has 28 valence electrons. The first kappa shape index (κ1) is 19.9. The fourth-order valence-electron chi connectivity index (χ4n) is 0. The van der Waals surface area contributed by atoms with Crippen LogP contribution in [0, 0.1) is 0 Å². The Morgan fingerprint density at radius 1 is 1.00 bits per heavy atom. The van der Waals surface area contributed by atoms with Gasteiger partial charge in [0.25, 0.3) is 0 Å². The third-order valence-corrected chi connectivity index (χ3v) is 0. The standard InChI is InChI=1S/Co.H2O2.V/c;1-2;/h;1-2H;. The van der Waals surface area contributed by atoms with E-state index in [4.69, 9.17) is 10.5 Å². The summed E-state index contributed by atoms with van der Waals surface area (Å²) in [4.78, 5) is 0. The average Bonchev–Trinajstić information content (AvgIpc) is 1.00. The number of hydrogen-bond donors (Lipinski definition) is 2. The molecule has 2 nitrogen and oxygen atoms in total. The fourth-order valence-corrected chi connectivity index (χ4v) is 0. The summed E-state index contributed by atoms with van der Waals surface area (Å²) in [6.45, 7) is 0. The predicted molar refractivity (Wildman–Crippen MR) is 5.26 cm³/mol. The first-order chi connectivity index (χ1) is 1.00. The van der Waals surface area contributed by atoms with Crippen molar-refractivity contribution in [2.24, 2.45) is 0 Å². The van der Waals surface area contributed by atoms with Crippen molar-refractivity contribution in [3.05, 3.63) is 0 Å². The minimum atomic E-state index is 0. The van der Waals surface area contributed by atoms with Crippen molar-refractivity contribution in [3.8, 4) is 0 Å². The molecule has 0 saturated carbocycles. The normalized spacial score (nSPS) is 1.50. The molecule has 0 rings (SSSR count). The smallest absolute Gasteiger partial charge is 0 e. The first-order valence-corrected chi connectivity index (χ1v) is 0.200. The van der Waals surface area contributed by atoms with Crippen LogP contribution < -0.4 is 0 Å².